The van der Waals surface area contributed by atoms with Gasteiger partial charge in [-0.3, -0.25) is 0 Å². The van der Waals surface area contributed by atoms with E-state index in [1.54, 1.807) is 0 Å². The van der Waals surface area contributed by atoms with Gasteiger partial charge in [0.15, 0.2) is 0 Å². The molecule has 5 aromatic carbocycles. The van der Waals surface area contributed by atoms with E-state index in [0.717, 1.165) is 11.0 Å². The van der Waals surface area contributed by atoms with Gasteiger partial charge in [0.25, 0.3) is 0 Å². The second-order valence-corrected chi connectivity index (χ2v) is 8.40. The number of rotatable bonds is 0. The maximum absolute atomic E-state index is 5.17. The third-order valence-corrected chi connectivity index (χ3v) is 6.86. The molecule has 2 nitrogen and oxygen atoms in total. The molecule has 0 spiro atoms. The Bertz CT molecular complexity index is 1990. The highest BCUT2D eigenvalue weighted by Crippen LogP contribution is 2.45. The van der Waals surface area contributed by atoms with Crippen molar-refractivity contribution in [3.8, 4) is 0 Å². The lowest BCUT2D eigenvalue weighted by molar-refractivity contribution is 1.33. The number of aromatic nitrogens is 2. The van der Waals surface area contributed by atoms with Gasteiger partial charge in [0.1, 0.15) is 0 Å². The van der Waals surface area contributed by atoms with Crippen LogP contribution in [-0.2, 0) is 0 Å². The van der Waals surface area contributed by atoms with E-state index in [1.165, 1.54) is 59.6 Å². The highest BCUT2D eigenvalue weighted by Gasteiger charge is 2.21. The Kier molecular flexibility index (Phi) is 2.67. The minimum atomic E-state index is 1.04. The number of hydrogen-bond acceptors (Lipinski definition) is 1. The molecule has 0 aliphatic carbocycles. The third kappa shape index (κ3) is 1.78. The molecule has 2 heteroatoms. The van der Waals surface area contributed by atoms with E-state index in [1.807, 2.05) is 0 Å². The molecule has 0 radical (unpaired) electrons. The molecule has 31 heavy (non-hydrogen) atoms. The van der Waals surface area contributed by atoms with Crippen LogP contribution in [0.3, 0.4) is 0 Å². The maximum Gasteiger partial charge on any atom is 0.0957 e. The normalized spacial score (nSPS) is 12.5. The van der Waals surface area contributed by atoms with Crippen molar-refractivity contribution in [3.05, 3.63) is 97.1 Å². The van der Waals surface area contributed by atoms with Crippen LogP contribution in [0.15, 0.2) is 97.1 Å². The van der Waals surface area contributed by atoms with Crippen molar-refractivity contribution in [1.29, 1.82) is 0 Å². The number of fused-ring (bicyclic) bond motifs is 10. The third-order valence-electron chi connectivity index (χ3n) is 6.86. The van der Waals surface area contributed by atoms with Crippen molar-refractivity contribution in [2.75, 3.05) is 0 Å². The molecule has 142 valence electrons. The standard InChI is InChI=1S/C29H16N2/c1-5-14-23-17(8-1)16-25-28(30-23)22-13-7-12-20-18-9-2-3-10-19(18)26-21-11-4-6-15-24(21)31(25)29(26)27(20)22/h1-16H. The molecule has 0 aliphatic heterocycles. The summed E-state index contributed by atoms with van der Waals surface area (Å²) in [6.07, 6.45) is 0. The average Bonchev–Trinajstić information content (AvgIpc) is 3.19. The van der Waals surface area contributed by atoms with Crippen LogP contribution in [0.2, 0.25) is 0 Å². The second kappa shape index (κ2) is 5.30. The van der Waals surface area contributed by atoms with Crippen molar-refractivity contribution < 1.29 is 0 Å². The van der Waals surface area contributed by atoms with E-state index in [4.69, 9.17) is 4.98 Å². The van der Waals surface area contributed by atoms with Crippen LogP contribution in [0.1, 0.15) is 0 Å². The fourth-order valence-electron chi connectivity index (χ4n) is 5.64. The summed E-state index contributed by atoms with van der Waals surface area (Å²) < 4.78 is 2.45. The first-order valence-corrected chi connectivity index (χ1v) is 10.7. The lowest BCUT2D eigenvalue weighted by atomic mass is 9.94. The molecule has 3 heterocycles. The first kappa shape index (κ1) is 15.6. The molecule has 0 aliphatic rings. The van der Waals surface area contributed by atoms with Crippen molar-refractivity contribution in [2.24, 2.45) is 0 Å². The van der Waals surface area contributed by atoms with Crippen LogP contribution < -0.4 is 0 Å². The number of nitrogens with zero attached hydrogens (tertiary/aromatic N) is 2. The van der Waals surface area contributed by atoms with Gasteiger partial charge in [-0.05, 0) is 34.4 Å². The summed E-state index contributed by atoms with van der Waals surface area (Å²) in [7, 11) is 0. The van der Waals surface area contributed by atoms with E-state index in [0.29, 0.717) is 0 Å². The zero-order valence-electron chi connectivity index (χ0n) is 16.6. The predicted molar refractivity (Wildman–Crippen MR) is 131 cm³/mol. The molecular formula is C29H16N2. The van der Waals surface area contributed by atoms with Crippen LogP contribution >= 0.6 is 0 Å². The molecule has 0 bridgehead atoms. The summed E-state index contributed by atoms with van der Waals surface area (Å²) in [4.78, 5) is 5.17. The smallest absolute Gasteiger partial charge is 0.0957 e. The Balaban J connectivity index is 1.87. The second-order valence-electron chi connectivity index (χ2n) is 8.40. The van der Waals surface area contributed by atoms with E-state index in [2.05, 4.69) is 101 Å². The molecule has 0 N–H and O–H groups in total. The van der Waals surface area contributed by atoms with Gasteiger partial charge >= 0.3 is 0 Å². The molecule has 8 aromatic rings. The van der Waals surface area contributed by atoms with E-state index in [-0.39, 0.29) is 0 Å². The summed E-state index contributed by atoms with van der Waals surface area (Å²) in [6, 6.07) is 35.0. The van der Waals surface area contributed by atoms with Crippen LogP contribution in [0, 0.1) is 0 Å². The maximum atomic E-state index is 5.17. The van der Waals surface area contributed by atoms with Crippen molar-refractivity contribution >= 4 is 70.7 Å². The molecule has 0 amide bonds. The molecule has 0 saturated carbocycles. The number of pyridine rings is 2. The lowest BCUT2D eigenvalue weighted by Crippen LogP contribution is -1.95. The minimum Gasteiger partial charge on any atom is -0.306 e. The first-order valence-electron chi connectivity index (χ1n) is 10.7. The molecular weight excluding hydrogens is 376 g/mol. The van der Waals surface area contributed by atoms with Gasteiger partial charge in [-0.15, -0.1) is 0 Å². The summed E-state index contributed by atoms with van der Waals surface area (Å²) in [5.74, 6) is 0. The number of hydrogen-bond donors (Lipinski definition) is 0. The van der Waals surface area contributed by atoms with Gasteiger partial charge in [0.2, 0.25) is 0 Å². The van der Waals surface area contributed by atoms with Gasteiger partial charge in [-0.1, -0.05) is 78.9 Å². The zero-order valence-corrected chi connectivity index (χ0v) is 16.6. The van der Waals surface area contributed by atoms with Crippen molar-refractivity contribution in [3.63, 3.8) is 0 Å². The zero-order chi connectivity index (χ0) is 20.1. The highest BCUT2D eigenvalue weighted by atomic mass is 14.9. The van der Waals surface area contributed by atoms with Gasteiger partial charge < -0.3 is 4.40 Å². The minimum absolute atomic E-state index is 1.04. The summed E-state index contributed by atoms with van der Waals surface area (Å²) in [5.41, 5.74) is 5.81. The molecule has 0 fully saturated rings. The highest BCUT2D eigenvalue weighted by molar-refractivity contribution is 6.37. The molecule has 8 rings (SSSR count). The van der Waals surface area contributed by atoms with E-state index < -0.39 is 0 Å². The van der Waals surface area contributed by atoms with Crippen LogP contribution in [0.5, 0.6) is 0 Å². The van der Waals surface area contributed by atoms with Gasteiger partial charge in [-0.2, -0.15) is 0 Å². The topological polar surface area (TPSA) is 17.3 Å². The molecule has 0 unspecified atom stereocenters. The van der Waals surface area contributed by atoms with E-state index in [9.17, 15) is 0 Å². The van der Waals surface area contributed by atoms with E-state index >= 15 is 0 Å². The summed E-state index contributed by atoms with van der Waals surface area (Å²) in [6.45, 7) is 0. The number of para-hydroxylation sites is 2. The summed E-state index contributed by atoms with van der Waals surface area (Å²) in [5, 5.41) is 10.3. The number of benzene rings is 5. The van der Waals surface area contributed by atoms with Crippen molar-refractivity contribution in [1.82, 2.24) is 9.38 Å². The predicted octanol–water partition coefficient (Wildman–Crippen LogP) is 7.69. The van der Waals surface area contributed by atoms with Gasteiger partial charge in [0, 0.05) is 26.9 Å². The summed E-state index contributed by atoms with van der Waals surface area (Å²) >= 11 is 0. The average molecular weight is 392 g/mol. The quantitative estimate of drug-likeness (QED) is 0.191. The van der Waals surface area contributed by atoms with Crippen LogP contribution in [0.25, 0.3) is 70.7 Å². The Morgan fingerprint density at radius 1 is 0.516 bits per heavy atom. The Labute approximate surface area is 177 Å². The Hall–Kier alpha value is -4.17. The largest absolute Gasteiger partial charge is 0.306 e. The lowest BCUT2D eigenvalue weighted by Gasteiger charge is -2.15. The van der Waals surface area contributed by atoms with Gasteiger partial charge in [-0.25, -0.2) is 4.98 Å². The fourth-order valence-corrected chi connectivity index (χ4v) is 5.64. The monoisotopic (exact) mass is 392 g/mol. The molecule has 0 atom stereocenters. The first-order chi connectivity index (χ1) is 15.4. The Morgan fingerprint density at radius 3 is 2.06 bits per heavy atom. The molecule has 0 saturated heterocycles. The van der Waals surface area contributed by atoms with Crippen LogP contribution in [-0.4, -0.2) is 9.38 Å². The van der Waals surface area contributed by atoms with Crippen molar-refractivity contribution in [2.45, 2.75) is 0 Å². The SMILES string of the molecule is c1ccc2nc3c4cccc5c6ccccc6c6c7ccccc7n(c3cc2c1)c6c54. The van der Waals surface area contributed by atoms with Gasteiger partial charge in [0.05, 0.1) is 27.6 Å². The van der Waals surface area contributed by atoms with Crippen LogP contribution in [0.4, 0.5) is 0 Å². The Morgan fingerprint density at radius 2 is 1.16 bits per heavy atom. The fraction of sp³-hybridized carbons (Fsp3) is 0. The molecule has 3 aromatic heterocycles.